The van der Waals surface area contributed by atoms with E-state index in [0.29, 0.717) is 0 Å². The summed E-state index contributed by atoms with van der Waals surface area (Å²) in [4.78, 5) is 6.20. The molecule has 0 unspecified atom stereocenters. The van der Waals surface area contributed by atoms with Crippen LogP contribution in [0.2, 0.25) is 0 Å². The molecule has 94 valence electrons. The Morgan fingerprint density at radius 1 is 1.22 bits per heavy atom. The molecule has 0 atom stereocenters. The van der Waals surface area contributed by atoms with Crippen LogP contribution in [0.25, 0.3) is 0 Å². The van der Waals surface area contributed by atoms with Crippen molar-refractivity contribution in [1.82, 2.24) is 0 Å². The van der Waals surface area contributed by atoms with E-state index >= 15 is 0 Å². The zero-order chi connectivity index (χ0) is 12.5. The summed E-state index contributed by atoms with van der Waals surface area (Å²) in [7, 11) is 2.16. The zero-order valence-corrected chi connectivity index (χ0v) is 12.7. The van der Waals surface area contributed by atoms with Gasteiger partial charge in [-0.25, -0.2) is 0 Å². The largest absolute Gasteiger partial charge is 0.371 e. The fraction of sp³-hybridized carbons (Fsp3) is 0.286. The number of fused-ring (bicyclic) bond motifs is 1. The van der Waals surface area contributed by atoms with Crippen LogP contribution < -0.4 is 9.80 Å². The molecule has 2 aromatic rings. The average molecular weight is 323 g/mol. The van der Waals surface area contributed by atoms with Gasteiger partial charge in [-0.05, 0) is 34.1 Å². The van der Waals surface area contributed by atoms with Crippen LogP contribution in [0.1, 0.15) is 4.88 Å². The first-order valence-corrected chi connectivity index (χ1v) is 7.69. The summed E-state index contributed by atoms with van der Waals surface area (Å²) in [6, 6.07) is 10.9. The second-order valence-corrected chi connectivity index (χ2v) is 6.47. The van der Waals surface area contributed by atoms with E-state index in [2.05, 4.69) is 68.5 Å². The molecule has 0 aliphatic carbocycles. The highest BCUT2D eigenvalue weighted by Crippen LogP contribution is 2.33. The van der Waals surface area contributed by atoms with Gasteiger partial charge in [-0.2, -0.15) is 0 Å². The number of likely N-dealkylation sites (N-methyl/N-ethyl adjacent to an activating group) is 1. The van der Waals surface area contributed by atoms with E-state index in [9.17, 15) is 0 Å². The minimum absolute atomic E-state index is 1.00. The average Bonchev–Trinajstić information content (AvgIpc) is 2.79. The molecule has 1 aliphatic heterocycles. The molecule has 18 heavy (non-hydrogen) atoms. The van der Waals surface area contributed by atoms with Gasteiger partial charge in [0.1, 0.15) is 0 Å². The van der Waals surface area contributed by atoms with Gasteiger partial charge in [0.05, 0.1) is 17.9 Å². The molecule has 2 heterocycles. The smallest absolute Gasteiger partial charge is 0.0607 e. The normalized spacial score (nSPS) is 14.8. The summed E-state index contributed by atoms with van der Waals surface area (Å²) in [5, 5.41) is 2.15. The number of thiophene rings is 1. The van der Waals surface area contributed by atoms with E-state index in [1.165, 1.54) is 20.7 Å². The third-order valence-electron chi connectivity index (χ3n) is 3.31. The van der Waals surface area contributed by atoms with E-state index < -0.39 is 0 Å². The van der Waals surface area contributed by atoms with Crippen LogP contribution in [-0.2, 0) is 6.54 Å². The number of hydrogen-bond acceptors (Lipinski definition) is 3. The number of rotatable bonds is 2. The fourth-order valence-electron chi connectivity index (χ4n) is 2.36. The Kier molecular flexibility index (Phi) is 3.31. The Bertz CT molecular complexity index is 552. The van der Waals surface area contributed by atoms with Gasteiger partial charge >= 0.3 is 0 Å². The van der Waals surface area contributed by atoms with Gasteiger partial charge in [-0.15, -0.1) is 11.3 Å². The lowest BCUT2D eigenvalue weighted by molar-refractivity contribution is 0.739. The molecule has 0 saturated heterocycles. The van der Waals surface area contributed by atoms with Gasteiger partial charge in [0.2, 0.25) is 0 Å². The van der Waals surface area contributed by atoms with Crippen LogP contribution in [-0.4, -0.2) is 20.1 Å². The molecule has 1 aromatic heterocycles. The Labute approximate surface area is 120 Å². The van der Waals surface area contributed by atoms with Gasteiger partial charge in [-0.1, -0.05) is 12.1 Å². The number of nitrogens with zero attached hydrogens (tertiary/aromatic N) is 2. The van der Waals surface area contributed by atoms with Crippen LogP contribution in [0, 0.1) is 0 Å². The van der Waals surface area contributed by atoms with E-state index in [4.69, 9.17) is 0 Å². The molecular weight excluding hydrogens is 308 g/mol. The highest BCUT2D eigenvalue weighted by atomic mass is 79.9. The number of benzene rings is 1. The first-order valence-electron chi connectivity index (χ1n) is 6.02. The standard InChI is InChI=1S/C14H15BrN2S/c1-16-6-7-17(9-12-8-11(15)10-18-12)14-5-3-2-4-13(14)16/h2-5,8,10H,6-7,9H2,1H3. The van der Waals surface area contributed by atoms with Crippen molar-refractivity contribution >= 4 is 38.6 Å². The first-order chi connectivity index (χ1) is 8.74. The van der Waals surface area contributed by atoms with Crippen LogP contribution in [0.15, 0.2) is 40.2 Å². The number of halogens is 1. The van der Waals surface area contributed by atoms with Crippen molar-refractivity contribution in [2.45, 2.75) is 6.54 Å². The van der Waals surface area contributed by atoms with Crippen molar-refractivity contribution in [1.29, 1.82) is 0 Å². The van der Waals surface area contributed by atoms with Crippen LogP contribution >= 0.6 is 27.3 Å². The number of para-hydroxylation sites is 2. The SMILES string of the molecule is CN1CCN(Cc2cc(Br)cs2)c2ccccc21. The maximum atomic E-state index is 3.52. The van der Waals surface area contributed by atoms with Gasteiger partial charge in [0.15, 0.2) is 0 Å². The lowest BCUT2D eigenvalue weighted by Gasteiger charge is -2.36. The van der Waals surface area contributed by atoms with Crippen molar-refractivity contribution in [2.75, 3.05) is 29.9 Å². The summed E-state index contributed by atoms with van der Waals surface area (Å²) >= 11 is 5.34. The van der Waals surface area contributed by atoms with Crippen LogP contribution in [0.3, 0.4) is 0 Å². The molecule has 0 fully saturated rings. The molecular formula is C14H15BrN2S. The minimum Gasteiger partial charge on any atom is -0.371 e. The maximum Gasteiger partial charge on any atom is 0.0607 e. The number of anilines is 2. The van der Waals surface area contributed by atoms with E-state index in [1.807, 2.05) is 11.3 Å². The minimum atomic E-state index is 1.00. The molecule has 2 nitrogen and oxygen atoms in total. The summed E-state index contributed by atoms with van der Waals surface area (Å²) < 4.78 is 1.19. The first kappa shape index (κ1) is 12.1. The van der Waals surface area contributed by atoms with E-state index in [-0.39, 0.29) is 0 Å². The van der Waals surface area contributed by atoms with Crippen molar-refractivity contribution in [3.05, 3.63) is 45.1 Å². The maximum absolute atomic E-state index is 3.52. The Hall–Kier alpha value is -1.00. The predicted octanol–water partition coefficient (Wildman–Crippen LogP) is 3.97. The highest BCUT2D eigenvalue weighted by molar-refractivity contribution is 9.10. The monoisotopic (exact) mass is 322 g/mol. The zero-order valence-electron chi connectivity index (χ0n) is 10.3. The Morgan fingerprint density at radius 3 is 2.72 bits per heavy atom. The van der Waals surface area contributed by atoms with Crippen molar-refractivity contribution in [2.24, 2.45) is 0 Å². The van der Waals surface area contributed by atoms with E-state index in [1.54, 1.807) is 0 Å². The molecule has 1 aliphatic rings. The third kappa shape index (κ3) is 2.27. The molecule has 0 saturated carbocycles. The molecule has 0 bridgehead atoms. The van der Waals surface area contributed by atoms with Gasteiger partial charge in [0, 0.05) is 34.9 Å². The predicted molar refractivity (Wildman–Crippen MR) is 82.8 cm³/mol. The molecule has 0 amide bonds. The summed E-state index contributed by atoms with van der Waals surface area (Å²) in [5.41, 5.74) is 2.68. The molecule has 0 spiro atoms. The summed E-state index contributed by atoms with van der Waals surface area (Å²) in [6.45, 7) is 3.17. The quantitative estimate of drug-likeness (QED) is 0.825. The molecule has 4 heteroatoms. The van der Waals surface area contributed by atoms with Gasteiger partial charge in [-0.3, -0.25) is 0 Å². The van der Waals surface area contributed by atoms with Crippen molar-refractivity contribution < 1.29 is 0 Å². The van der Waals surface area contributed by atoms with Gasteiger partial charge in [0.25, 0.3) is 0 Å². The van der Waals surface area contributed by atoms with Crippen molar-refractivity contribution in [3.63, 3.8) is 0 Å². The van der Waals surface area contributed by atoms with Gasteiger partial charge < -0.3 is 9.80 Å². The van der Waals surface area contributed by atoms with Crippen LogP contribution in [0.4, 0.5) is 11.4 Å². The molecule has 1 aromatic carbocycles. The van der Waals surface area contributed by atoms with Crippen molar-refractivity contribution in [3.8, 4) is 0 Å². The number of hydrogen-bond donors (Lipinski definition) is 0. The second kappa shape index (κ2) is 4.94. The Morgan fingerprint density at radius 2 is 2.00 bits per heavy atom. The second-order valence-electron chi connectivity index (χ2n) is 4.56. The molecule has 0 N–H and O–H groups in total. The van der Waals surface area contributed by atoms with E-state index in [0.717, 1.165) is 19.6 Å². The third-order valence-corrected chi connectivity index (χ3v) is 4.99. The molecule has 0 radical (unpaired) electrons. The lowest BCUT2D eigenvalue weighted by Crippen LogP contribution is -2.38. The fourth-order valence-corrected chi connectivity index (χ4v) is 3.82. The topological polar surface area (TPSA) is 6.48 Å². The van der Waals surface area contributed by atoms with Crippen LogP contribution in [0.5, 0.6) is 0 Å². The highest BCUT2D eigenvalue weighted by Gasteiger charge is 2.19. The lowest BCUT2D eigenvalue weighted by atomic mass is 10.1. The summed E-state index contributed by atoms with van der Waals surface area (Å²) in [5.74, 6) is 0. The summed E-state index contributed by atoms with van der Waals surface area (Å²) in [6.07, 6.45) is 0. The molecule has 3 rings (SSSR count). The Balaban J connectivity index is 1.88.